The second-order valence-corrected chi connectivity index (χ2v) is 9.09. The number of nitrogens with zero attached hydrogens (tertiary/aromatic N) is 2. The van der Waals surface area contributed by atoms with Crippen LogP contribution in [0.1, 0.15) is 56.3 Å². The van der Waals surface area contributed by atoms with Crippen LogP contribution < -0.4 is 14.2 Å². The average molecular weight is 531 g/mol. The summed E-state index contributed by atoms with van der Waals surface area (Å²) in [6.45, 7) is 7.44. The van der Waals surface area contributed by atoms with Crippen LogP contribution >= 0.6 is 0 Å². The van der Waals surface area contributed by atoms with E-state index >= 15 is 0 Å². The Morgan fingerprint density at radius 3 is 2.36 bits per heavy atom. The van der Waals surface area contributed by atoms with Gasteiger partial charge in [0.15, 0.2) is 11.5 Å². The van der Waals surface area contributed by atoms with Crippen molar-refractivity contribution in [1.82, 2.24) is 9.88 Å². The van der Waals surface area contributed by atoms with E-state index in [1.807, 2.05) is 19.9 Å². The molecule has 4 rings (SSSR count). The summed E-state index contributed by atoms with van der Waals surface area (Å²) in [4.78, 5) is 32.4. The molecule has 1 N–H and O–H groups in total. The van der Waals surface area contributed by atoms with Gasteiger partial charge < -0.3 is 24.2 Å². The van der Waals surface area contributed by atoms with Gasteiger partial charge in [-0.25, -0.2) is 0 Å². The molecule has 3 aromatic rings. The first-order chi connectivity index (χ1) is 19.0. The second kappa shape index (κ2) is 13.0. The molecule has 0 radical (unpaired) electrons. The number of pyridine rings is 1. The number of amides is 1. The van der Waals surface area contributed by atoms with Gasteiger partial charge in [-0.05, 0) is 73.9 Å². The number of hydrogen-bond acceptors (Lipinski definition) is 7. The average Bonchev–Trinajstić information content (AvgIpc) is 3.20. The maximum atomic E-state index is 13.4. The molecule has 1 aromatic heterocycles. The van der Waals surface area contributed by atoms with Crippen LogP contribution in [0.25, 0.3) is 5.76 Å². The molecule has 1 fully saturated rings. The lowest BCUT2D eigenvalue weighted by Crippen LogP contribution is -2.29. The van der Waals surface area contributed by atoms with Gasteiger partial charge in [0.1, 0.15) is 11.5 Å². The van der Waals surface area contributed by atoms with Crippen LogP contribution in [0.2, 0.25) is 0 Å². The Balaban J connectivity index is 1.79. The molecule has 39 heavy (non-hydrogen) atoms. The van der Waals surface area contributed by atoms with Gasteiger partial charge in [-0.3, -0.25) is 14.6 Å². The molecule has 0 saturated carbocycles. The molecule has 1 atom stereocenters. The number of likely N-dealkylation sites (tertiary alicyclic amines) is 1. The van der Waals surface area contributed by atoms with Crippen molar-refractivity contribution in [1.29, 1.82) is 0 Å². The minimum atomic E-state index is -0.847. The minimum absolute atomic E-state index is 0.00940. The number of carbonyl (C=O) groups excluding carboxylic acids is 2. The van der Waals surface area contributed by atoms with Crippen LogP contribution in [0.4, 0.5) is 0 Å². The van der Waals surface area contributed by atoms with Gasteiger partial charge >= 0.3 is 0 Å². The number of hydrogen-bond donors (Lipinski definition) is 1. The van der Waals surface area contributed by atoms with E-state index < -0.39 is 17.7 Å². The van der Waals surface area contributed by atoms with Crippen LogP contribution in [-0.2, 0) is 16.1 Å². The highest BCUT2D eigenvalue weighted by molar-refractivity contribution is 6.46. The summed E-state index contributed by atoms with van der Waals surface area (Å²) in [5.74, 6) is 0.0251. The van der Waals surface area contributed by atoms with E-state index in [1.165, 1.54) is 4.90 Å². The van der Waals surface area contributed by atoms with Crippen molar-refractivity contribution in [3.8, 4) is 17.2 Å². The third kappa shape index (κ3) is 6.22. The SMILES string of the molecule is CCCCOc1ccc(C(O)=C2C(=O)C(=O)N(Cc3cccnc3)[C@H]2c2ccc(OCC)c(OCC)c2)cc1. The van der Waals surface area contributed by atoms with Crippen LogP contribution in [-0.4, -0.2) is 46.5 Å². The van der Waals surface area contributed by atoms with Crippen molar-refractivity contribution >= 4 is 17.4 Å². The summed E-state index contributed by atoms with van der Waals surface area (Å²) < 4.78 is 17.3. The molecule has 1 aliphatic rings. The van der Waals surface area contributed by atoms with Gasteiger partial charge in [-0.1, -0.05) is 25.5 Å². The highest BCUT2D eigenvalue weighted by Gasteiger charge is 2.46. The maximum absolute atomic E-state index is 13.4. The first-order valence-electron chi connectivity index (χ1n) is 13.3. The zero-order valence-electron chi connectivity index (χ0n) is 22.6. The fourth-order valence-electron chi connectivity index (χ4n) is 4.51. The molecule has 2 aromatic carbocycles. The molecular weight excluding hydrogens is 496 g/mol. The smallest absolute Gasteiger partial charge is 0.295 e. The predicted octanol–water partition coefficient (Wildman–Crippen LogP) is 5.68. The van der Waals surface area contributed by atoms with E-state index in [-0.39, 0.29) is 17.9 Å². The molecule has 204 valence electrons. The number of ether oxygens (including phenoxy) is 3. The van der Waals surface area contributed by atoms with Crippen molar-refractivity contribution < 1.29 is 28.9 Å². The van der Waals surface area contributed by atoms with Crippen molar-refractivity contribution in [2.24, 2.45) is 0 Å². The van der Waals surface area contributed by atoms with E-state index in [0.717, 1.165) is 18.4 Å². The third-order valence-corrected chi connectivity index (χ3v) is 6.39. The summed E-state index contributed by atoms with van der Waals surface area (Å²) >= 11 is 0. The quantitative estimate of drug-likeness (QED) is 0.139. The van der Waals surface area contributed by atoms with Crippen LogP contribution in [0, 0.1) is 0 Å². The number of benzene rings is 2. The number of ketones is 1. The Morgan fingerprint density at radius 2 is 1.69 bits per heavy atom. The Bertz CT molecular complexity index is 1320. The first-order valence-corrected chi connectivity index (χ1v) is 13.3. The highest BCUT2D eigenvalue weighted by atomic mass is 16.5. The van der Waals surface area contributed by atoms with Crippen molar-refractivity contribution in [3.63, 3.8) is 0 Å². The van der Waals surface area contributed by atoms with Crippen molar-refractivity contribution in [2.75, 3.05) is 19.8 Å². The molecular formula is C31H34N2O6. The highest BCUT2D eigenvalue weighted by Crippen LogP contribution is 2.42. The van der Waals surface area contributed by atoms with E-state index in [1.54, 1.807) is 60.9 Å². The monoisotopic (exact) mass is 530 g/mol. The minimum Gasteiger partial charge on any atom is -0.507 e. The molecule has 1 saturated heterocycles. The Morgan fingerprint density at radius 1 is 0.949 bits per heavy atom. The Labute approximate surface area is 228 Å². The standard InChI is InChI=1S/C31H34N2O6/c1-4-7-17-39-24-13-10-22(11-14-24)29(34)27-28(23-12-15-25(37-5-2)26(18-23)38-6-3)33(31(36)30(27)35)20-21-9-8-16-32-19-21/h8-16,18-19,28,34H,4-7,17,20H2,1-3H3/t28-/m0/s1. The zero-order valence-corrected chi connectivity index (χ0v) is 22.6. The summed E-state index contributed by atoms with van der Waals surface area (Å²) in [7, 11) is 0. The first kappa shape index (κ1) is 27.7. The normalized spacial score (nSPS) is 16.4. The lowest BCUT2D eigenvalue weighted by molar-refractivity contribution is -0.140. The lowest BCUT2D eigenvalue weighted by Gasteiger charge is -2.26. The Hall–Kier alpha value is -4.33. The van der Waals surface area contributed by atoms with Crippen LogP contribution in [0.15, 0.2) is 72.6 Å². The van der Waals surface area contributed by atoms with Gasteiger partial charge in [-0.2, -0.15) is 0 Å². The molecule has 2 heterocycles. The van der Waals surface area contributed by atoms with Gasteiger partial charge in [0, 0.05) is 24.5 Å². The van der Waals surface area contributed by atoms with Crippen LogP contribution in [0.3, 0.4) is 0 Å². The molecule has 1 amide bonds. The number of aliphatic hydroxyl groups excluding tert-OH is 1. The predicted molar refractivity (Wildman–Crippen MR) is 148 cm³/mol. The fourth-order valence-corrected chi connectivity index (χ4v) is 4.51. The fraction of sp³-hybridized carbons (Fsp3) is 0.323. The number of aromatic nitrogens is 1. The topological polar surface area (TPSA) is 98.2 Å². The van der Waals surface area contributed by atoms with E-state index in [0.29, 0.717) is 48.2 Å². The zero-order chi connectivity index (χ0) is 27.8. The summed E-state index contributed by atoms with van der Waals surface area (Å²) in [6, 6.07) is 14.9. The van der Waals surface area contributed by atoms with Crippen molar-refractivity contribution in [3.05, 3.63) is 89.3 Å². The second-order valence-electron chi connectivity index (χ2n) is 9.09. The molecule has 0 aliphatic carbocycles. The number of rotatable bonds is 12. The number of Topliss-reactive ketones (excluding diaryl/α,β-unsaturated/α-hetero) is 1. The van der Waals surface area contributed by atoms with E-state index in [9.17, 15) is 14.7 Å². The third-order valence-electron chi connectivity index (χ3n) is 6.39. The summed E-state index contributed by atoms with van der Waals surface area (Å²) in [5, 5.41) is 11.4. The van der Waals surface area contributed by atoms with E-state index in [4.69, 9.17) is 14.2 Å². The van der Waals surface area contributed by atoms with E-state index in [2.05, 4.69) is 11.9 Å². The molecule has 0 spiro atoms. The maximum Gasteiger partial charge on any atom is 0.295 e. The number of carbonyl (C=O) groups is 2. The van der Waals surface area contributed by atoms with Gasteiger partial charge in [-0.15, -0.1) is 0 Å². The molecule has 0 bridgehead atoms. The Kier molecular flexibility index (Phi) is 9.20. The lowest BCUT2D eigenvalue weighted by atomic mass is 9.94. The summed E-state index contributed by atoms with van der Waals surface area (Å²) in [6.07, 6.45) is 5.26. The summed E-state index contributed by atoms with van der Waals surface area (Å²) in [5.41, 5.74) is 1.80. The van der Waals surface area contributed by atoms with Crippen LogP contribution in [0.5, 0.6) is 17.2 Å². The van der Waals surface area contributed by atoms with Gasteiger partial charge in [0.05, 0.1) is 31.4 Å². The van der Waals surface area contributed by atoms with Crippen molar-refractivity contribution in [2.45, 2.75) is 46.2 Å². The number of unbranched alkanes of at least 4 members (excludes halogenated alkanes) is 1. The molecule has 8 nitrogen and oxygen atoms in total. The largest absolute Gasteiger partial charge is 0.507 e. The van der Waals surface area contributed by atoms with Gasteiger partial charge in [0.2, 0.25) is 0 Å². The molecule has 1 aliphatic heterocycles. The van der Waals surface area contributed by atoms with Gasteiger partial charge in [0.25, 0.3) is 11.7 Å². The number of aliphatic hydroxyl groups is 1. The molecule has 8 heteroatoms. The molecule has 0 unspecified atom stereocenters.